The van der Waals surface area contributed by atoms with Crippen LogP contribution in [0.15, 0.2) is 29.0 Å². The number of rotatable bonds is 6. The molecule has 1 amide bonds. The minimum Gasteiger partial charge on any atom is -0.370 e. The summed E-state index contributed by atoms with van der Waals surface area (Å²) < 4.78 is 4.71. The lowest BCUT2D eigenvalue weighted by Crippen LogP contribution is -2.23. The van der Waals surface area contributed by atoms with Crippen molar-refractivity contribution in [3.05, 3.63) is 41.4 Å². The zero-order valence-corrected chi connectivity index (χ0v) is 11.6. The van der Waals surface area contributed by atoms with Crippen molar-refractivity contribution in [2.45, 2.75) is 26.8 Å². The summed E-state index contributed by atoms with van der Waals surface area (Å²) >= 11 is 0. The van der Waals surface area contributed by atoms with Gasteiger partial charge >= 0.3 is 0 Å². The van der Waals surface area contributed by atoms with E-state index in [1.54, 1.807) is 18.2 Å². The van der Waals surface area contributed by atoms with E-state index in [0.717, 1.165) is 24.5 Å². The first-order chi connectivity index (χ1) is 9.69. The lowest BCUT2D eigenvalue weighted by molar-refractivity contribution is 0.0950. The van der Waals surface area contributed by atoms with Gasteiger partial charge in [-0.15, -0.1) is 0 Å². The Bertz CT molecular complexity index is 567. The number of aromatic nitrogens is 2. The second-order valence-electron chi connectivity index (χ2n) is 4.48. The van der Waals surface area contributed by atoms with Crippen LogP contribution in [0.2, 0.25) is 0 Å². The van der Waals surface area contributed by atoms with Crippen LogP contribution in [0.3, 0.4) is 0 Å². The standard InChI is InChI=1S/C14H18N4O2/c1-3-5-15-13-8-11(7-10(2)17-13)14(19)16-9-12-4-6-20-18-12/h4,6-8H,3,5,9H2,1-2H3,(H,15,17)(H,16,19). The fourth-order valence-electron chi connectivity index (χ4n) is 1.74. The van der Waals surface area contributed by atoms with Gasteiger partial charge in [0.15, 0.2) is 0 Å². The Morgan fingerprint density at radius 3 is 2.95 bits per heavy atom. The van der Waals surface area contributed by atoms with E-state index in [-0.39, 0.29) is 5.91 Å². The summed E-state index contributed by atoms with van der Waals surface area (Å²) in [6.45, 7) is 5.12. The maximum absolute atomic E-state index is 12.1. The number of carbonyl (C=O) groups is 1. The quantitative estimate of drug-likeness (QED) is 0.843. The van der Waals surface area contributed by atoms with E-state index in [4.69, 9.17) is 4.52 Å². The number of anilines is 1. The van der Waals surface area contributed by atoms with Crippen LogP contribution < -0.4 is 10.6 Å². The maximum atomic E-state index is 12.1. The molecule has 2 N–H and O–H groups in total. The zero-order chi connectivity index (χ0) is 14.4. The first-order valence-electron chi connectivity index (χ1n) is 6.59. The highest BCUT2D eigenvalue weighted by atomic mass is 16.5. The molecule has 106 valence electrons. The van der Waals surface area contributed by atoms with E-state index < -0.39 is 0 Å². The van der Waals surface area contributed by atoms with Crippen LogP contribution in [0.1, 0.15) is 35.1 Å². The van der Waals surface area contributed by atoms with Gasteiger partial charge in [-0.2, -0.15) is 0 Å². The van der Waals surface area contributed by atoms with E-state index in [0.29, 0.717) is 17.8 Å². The van der Waals surface area contributed by atoms with Gasteiger partial charge in [0, 0.05) is 23.9 Å². The number of aryl methyl sites for hydroxylation is 1. The fourth-order valence-corrected chi connectivity index (χ4v) is 1.74. The van der Waals surface area contributed by atoms with Gasteiger partial charge in [-0.1, -0.05) is 12.1 Å². The summed E-state index contributed by atoms with van der Waals surface area (Å²) in [6.07, 6.45) is 2.48. The molecule has 2 rings (SSSR count). The molecule has 0 saturated heterocycles. The summed E-state index contributed by atoms with van der Waals surface area (Å²) in [6, 6.07) is 5.22. The van der Waals surface area contributed by atoms with E-state index in [1.165, 1.54) is 6.26 Å². The topological polar surface area (TPSA) is 80.0 Å². The van der Waals surface area contributed by atoms with E-state index in [9.17, 15) is 4.79 Å². The predicted octanol–water partition coefficient (Wildman–Crippen LogP) is 2.13. The highest BCUT2D eigenvalue weighted by Gasteiger charge is 2.09. The molecule has 0 aliphatic rings. The molecule has 20 heavy (non-hydrogen) atoms. The van der Waals surface area contributed by atoms with Crippen molar-refractivity contribution in [3.63, 3.8) is 0 Å². The summed E-state index contributed by atoms with van der Waals surface area (Å²) in [5.41, 5.74) is 2.07. The zero-order valence-electron chi connectivity index (χ0n) is 11.6. The van der Waals surface area contributed by atoms with Crippen molar-refractivity contribution < 1.29 is 9.32 Å². The second-order valence-corrected chi connectivity index (χ2v) is 4.48. The van der Waals surface area contributed by atoms with Gasteiger partial charge in [-0.25, -0.2) is 4.98 Å². The molecule has 0 fully saturated rings. The van der Waals surface area contributed by atoms with Crippen LogP contribution in [-0.2, 0) is 6.54 Å². The van der Waals surface area contributed by atoms with Crippen LogP contribution in [-0.4, -0.2) is 22.6 Å². The van der Waals surface area contributed by atoms with Gasteiger partial charge in [0.25, 0.3) is 5.91 Å². The molecular weight excluding hydrogens is 256 g/mol. The van der Waals surface area contributed by atoms with Gasteiger partial charge in [0.2, 0.25) is 0 Å². The number of hydrogen-bond donors (Lipinski definition) is 2. The molecule has 2 heterocycles. The molecule has 0 radical (unpaired) electrons. The predicted molar refractivity (Wildman–Crippen MR) is 75.4 cm³/mol. The van der Waals surface area contributed by atoms with Gasteiger partial charge in [-0.05, 0) is 25.5 Å². The number of carbonyl (C=O) groups excluding carboxylic acids is 1. The van der Waals surface area contributed by atoms with Crippen molar-refractivity contribution in [1.82, 2.24) is 15.5 Å². The van der Waals surface area contributed by atoms with Crippen molar-refractivity contribution in [1.29, 1.82) is 0 Å². The third-order valence-corrected chi connectivity index (χ3v) is 2.69. The average Bonchev–Trinajstić information content (AvgIpc) is 2.95. The van der Waals surface area contributed by atoms with Gasteiger partial charge in [0.05, 0.1) is 6.54 Å². The molecule has 2 aromatic heterocycles. The SMILES string of the molecule is CCCNc1cc(C(=O)NCc2ccon2)cc(C)n1. The third-order valence-electron chi connectivity index (χ3n) is 2.69. The molecule has 6 heteroatoms. The van der Waals surface area contributed by atoms with Crippen LogP contribution in [0.4, 0.5) is 5.82 Å². The second kappa shape index (κ2) is 6.70. The average molecular weight is 274 g/mol. The van der Waals surface area contributed by atoms with E-state index >= 15 is 0 Å². The van der Waals surface area contributed by atoms with Gasteiger partial charge < -0.3 is 15.2 Å². The molecule has 0 aromatic carbocycles. The molecule has 0 aliphatic heterocycles. The van der Waals surface area contributed by atoms with Crippen molar-refractivity contribution in [2.75, 3.05) is 11.9 Å². The van der Waals surface area contributed by atoms with Crippen LogP contribution in [0, 0.1) is 6.92 Å². The Kier molecular flexibility index (Phi) is 4.70. The molecule has 0 bridgehead atoms. The Morgan fingerprint density at radius 2 is 2.25 bits per heavy atom. The van der Waals surface area contributed by atoms with Gasteiger partial charge in [-0.3, -0.25) is 4.79 Å². The summed E-state index contributed by atoms with van der Waals surface area (Å²) in [7, 11) is 0. The monoisotopic (exact) mass is 274 g/mol. The number of nitrogens with one attached hydrogen (secondary N) is 2. The summed E-state index contributed by atoms with van der Waals surface area (Å²) in [5.74, 6) is 0.566. The number of nitrogens with zero attached hydrogens (tertiary/aromatic N) is 2. The normalized spacial score (nSPS) is 10.3. The molecule has 0 aliphatic carbocycles. The Hall–Kier alpha value is -2.37. The van der Waals surface area contributed by atoms with Crippen molar-refractivity contribution in [2.24, 2.45) is 0 Å². The molecule has 0 unspecified atom stereocenters. The highest BCUT2D eigenvalue weighted by Crippen LogP contribution is 2.10. The minimum absolute atomic E-state index is 0.155. The van der Waals surface area contributed by atoms with E-state index in [2.05, 4.69) is 27.7 Å². The molecule has 0 saturated carbocycles. The minimum atomic E-state index is -0.155. The molecular formula is C14H18N4O2. The Morgan fingerprint density at radius 1 is 1.40 bits per heavy atom. The molecule has 6 nitrogen and oxygen atoms in total. The summed E-state index contributed by atoms with van der Waals surface area (Å²) in [5, 5.41) is 9.72. The Labute approximate surface area is 117 Å². The molecule has 0 spiro atoms. The van der Waals surface area contributed by atoms with Crippen molar-refractivity contribution >= 4 is 11.7 Å². The molecule has 2 aromatic rings. The van der Waals surface area contributed by atoms with Crippen LogP contribution in [0.5, 0.6) is 0 Å². The number of pyridine rings is 1. The highest BCUT2D eigenvalue weighted by molar-refractivity contribution is 5.94. The van der Waals surface area contributed by atoms with E-state index in [1.807, 2.05) is 6.92 Å². The first kappa shape index (κ1) is 14.0. The Balaban J connectivity index is 2.02. The first-order valence-corrected chi connectivity index (χ1v) is 6.59. The van der Waals surface area contributed by atoms with Crippen LogP contribution in [0.25, 0.3) is 0 Å². The molecule has 0 atom stereocenters. The number of amides is 1. The van der Waals surface area contributed by atoms with Gasteiger partial charge in [0.1, 0.15) is 17.8 Å². The fraction of sp³-hybridized carbons (Fsp3) is 0.357. The lowest BCUT2D eigenvalue weighted by atomic mass is 10.2. The lowest BCUT2D eigenvalue weighted by Gasteiger charge is -2.08. The van der Waals surface area contributed by atoms with Crippen LogP contribution >= 0.6 is 0 Å². The smallest absolute Gasteiger partial charge is 0.251 e. The summed E-state index contributed by atoms with van der Waals surface area (Å²) in [4.78, 5) is 16.4. The third kappa shape index (κ3) is 3.81. The van der Waals surface area contributed by atoms with Crippen molar-refractivity contribution in [3.8, 4) is 0 Å². The largest absolute Gasteiger partial charge is 0.370 e. The number of hydrogen-bond acceptors (Lipinski definition) is 5. The maximum Gasteiger partial charge on any atom is 0.251 e.